The van der Waals surface area contributed by atoms with Crippen LogP contribution in [-0.2, 0) is 10.1 Å². The Morgan fingerprint density at radius 2 is 1.78 bits per heavy atom. The fraction of sp³-hybridized carbons (Fsp3) is 0.167. The Morgan fingerprint density at radius 3 is 2.39 bits per heavy atom. The largest absolute Gasteiger partial charge is 0.476 e. The Labute approximate surface area is 105 Å². The molecule has 0 aliphatic carbocycles. The molecule has 0 aromatic heterocycles. The van der Waals surface area contributed by atoms with Crippen LogP contribution in [0.5, 0.6) is 5.75 Å². The zero-order valence-corrected chi connectivity index (χ0v) is 10.5. The van der Waals surface area contributed by atoms with E-state index in [2.05, 4.69) is 0 Å². The lowest BCUT2D eigenvalue weighted by atomic mass is 10.1. The standard InChI is InChI=1S/C12H13NO4S/c1-8(13)17-11-4-2-10-7-12(18(14,15)16)5-3-9(10)6-11/h2-8H,13H2,1H3,(H,14,15,16). The molecule has 0 saturated carbocycles. The summed E-state index contributed by atoms with van der Waals surface area (Å²) in [5.74, 6) is 0.608. The summed E-state index contributed by atoms with van der Waals surface area (Å²) in [4.78, 5) is -0.129. The molecule has 0 fully saturated rings. The maximum Gasteiger partial charge on any atom is 0.294 e. The summed E-state index contributed by atoms with van der Waals surface area (Å²) in [6.45, 7) is 1.71. The zero-order valence-electron chi connectivity index (χ0n) is 9.70. The monoisotopic (exact) mass is 267 g/mol. The van der Waals surface area contributed by atoms with Crippen LogP contribution in [0.2, 0.25) is 0 Å². The highest BCUT2D eigenvalue weighted by Gasteiger charge is 2.10. The molecule has 0 heterocycles. The predicted octanol–water partition coefficient (Wildman–Crippen LogP) is 1.77. The average Bonchev–Trinajstić information content (AvgIpc) is 2.26. The number of benzene rings is 2. The van der Waals surface area contributed by atoms with Gasteiger partial charge in [-0.1, -0.05) is 12.1 Å². The predicted molar refractivity (Wildman–Crippen MR) is 68.0 cm³/mol. The van der Waals surface area contributed by atoms with E-state index in [0.717, 1.165) is 5.39 Å². The lowest BCUT2D eigenvalue weighted by molar-refractivity contribution is 0.230. The maximum absolute atomic E-state index is 11.0. The molecule has 1 unspecified atom stereocenters. The van der Waals surface area contributed by atoms with Gasteiger partial charge >= 0.3 is 0 Å². The number of fused-ring (bicyclic) bond motifs is 1. The number of hydrogen-bond acceptors (Lipinski definition) is 4. The molecule has 5 nitrogen and oxygen atoms in total. The minimum Gasteiger partial charge on any atom is -0.476 e. The first-order valence-corrected chi connectivity index (χ1v) is 6.74. The highest BCUT2D eigenvalue weighted by molar-refractivity contribution is 7.85. The van der Waals surface area contributed by atoms with Gasteiger partial charge in [-0.3, -0.25) is 10.3 Å². The number of hydrogen-bond donors (Lipinski definition) is 2. The van der Waals surface area contributed by atoms with Crippen molar-refractivity contribution >= 4 is 20.9 Å². The molecule has 2 rings (SSSR count). The number of rotatable bonds is 3. The molecular weight excluding hydrogens is 254 g/mol. The molecule has 0 aliphatic heterocycles. The second kappa shape index (κ2) is 4.56. The van der Waals surface area contributed by atoms with E-state index in [0.29, 0.717) is 11.1 Å². The van der Waals surface area contributed by atoms with Crippen LogP contribution in [0, 0.1) is 0 Å². The van der Waals surface area contributed by atoms with Gasteiger partial charge in [-0.05, 0) is 42.0 Å². The Hall–Kier alpha value is -1.63. The van der Waals surface area contributed by atoms with Crippen LogP contribution in [0.3, 0.4) is 0 Å². The van der Waals surface area contributed by atoms with Crippen LogP contribution >= 0.6 is 0 Å². The third-order valence-corrected chi connectivity index (χ3v) is 3.25. The van der Waals surface area contributed by atoms with Gasteiger partial charge in [0.25, 0.3) is 10.1 Å². The molecule has 0 bridgehead atoms. The van der Waals surface area contributed by atoms with Crippen LogP contribution in [0.4, 0.5) is 0 Å². The molecular formula is C12H13NO4S. The summed E-state index contributed by atoms with van der Waals surface area (Å²) < 4.78 is 36.3. The van der Waals surface area contributed by atoms with Crippen LogP contribution in [0.1, 0.15) is 6.92 Å². The van der Waals surface area contributed by atoms with E-state index in [1.165, 1.54) is 12.1 Å². The first kappa shape index (κ1) is 12.8. The van der Waals surface area contributed by atoms with E-state index in [1.54, 1.807) is 31.2 Å². The Balaban J connectivity index is 2.49. The van der Waals surface area contributed by atoms with Crippen molar-refractivity contribution in [2.45, 2.75) is 18.0 Å². The van der Waals surface area contributed by atoms with Crippen molar-refractivity contribution < 1.29 is 17.7 Å². The van der Waals surface area contributed by atoms with Crippen LogP contribution < -0.4 is 10.5 Å². The first-order chi connectivity index (χ1) is 8.36. The highest BCUT2D eigenvalue weighted by atomic mass is 32.2. The molecule has 1 atom stereocenters. The average molecular weight is 267 g/mol. The summed E-state index contributed by atoms with van der Waals surface area (Å²) in [7, 11) is -4.17. The molecule has 96 valence electrons. The molecule has 0 aliphatic rings. The molecule has 0 spiro atoms. The van der Waals surface area contributed by atoms with Crippen LogP contribution in [0.15, 0.2) is 41.3 Å². The van der Waals surface area contributed by atoms with Crippen molar-refractivity contribution in [1.82, 2.24) is 0 Å². The SMILES string of the molecule is CC(N)Oc1ccc2cc(S(=O)(=O)O)ccc2c1. The van der Waals surface area contributed by atoms with E-state index in [1.807, 2.05) is 0 Å². The third-order valence-electron chi connectivity index (χ3n) is 2.40. The molecule has 18 heavy (non-hydrogen) atoms. The highest BCUT2D eigenvalue weighted by Crippen LogP contribution is 2.24. The first-order valence-electron chi connectivity index (χ1n) is 5.30. The van der Waals surface area contributed by atoms with Gasteiger partial charge < -0.3 is 4.74 Å². The van der Waals surface area contributed by atoms with Gasteiger partial charge in [0.2, 0.25) is 0 Å². The minimum absolute atomic E-state index is 0.129. The normalized spacial score (nSPS) is 13.5. The van der Waals surface area contributed by atoms with Gasteiger partial charge in [0.1, 0.15) is 12.0 Å². The second-order valence-electron chi connectivity index (χ2n) is 3.97. The minimum atomic E-state index is -4.17. The molecule has 2 aromatic carbocycles. The van der Waals surface area contributed by atoms with Gasteiger partial charge in [-0.15, -0.1) is 0 Å². The molecule has 3 N–H and O–H groups in total. The molecule has 0 saturated heterocycles. The fourth-order valence-corrected chi connectivity index (χ4v) is 2.17. The Bertz CT molecular complexity index is 680. The van der Waals surface area contributed by atoms with E-state index < -0.39 is 16.3 Å². The van der Waals surface area contributed by atoms with Crippen molar-refractivity contribution in [3.05, 3.63) is 36.4 Å². The Kier molecular flexibility index (Phi) is 3.25. The molecule has 0 radical (unpaired) electrons. The molecule has 0 amide bonds. The van der Waals surface area contributed by atoms with E-state index >= 15 is 0 Å². The topological polar surface area (TPSA) is 89.6 Å². The van der Waals surface area contributed by atoms with Crippen molar-refractivity contribution in [2.24, 2.45) is 5.73 Å². The van der Waals surface area contributed by atoms with Crippen LogP contribution in [0.25, 0.3) is 10.8 Å². The summed E-state index contributed by atoms with van der Waals surface area (Å²) in [6.07, 6.45) is -0.417. The van der Waals surface area contributed by atoms with Crippen molar-refractivity contribution in [2.75, 3.05) is 0 Å². The fourth-order valence-electron chi connectivity index (χ4n) is 1.65. The van der Waals surface area contributed by atoms with Gasteiger partial charge in [-0.25, -0.2) is 0 Å². The number of ether oxygens (including phenoxy) is 1. The van der Waals surface area contributed by atoms with E-state index in [-0.39, 0.29) is 4.90 Å². The third kappa shape index (κ3) is 2.79. The summed E-state index contributed by atoms with van der Waals surface area (Å²) in [5.41, 5.74) is 5.52. The van der Waals surface area contributed by atoms with Crippen molar-refractivity contribution in [3.63, 3.8) is 0 Å². The molecule has 6 heteroatoms. The van der Waals surface area contributed by atoms with Gasteiger partial charge in [0.15, 0.2) is 0 Å². The van der Waals surface area contributed by atoms with E-state index in [4.69, 9.17) is 15.0 Å². The summed E-state index contributed by atoms with van der Waals surface area (Å²) >= 11 is 0. The number of nitrogens with two attached hydrogens (primary N) is 1. The zero-order chi connectivity index (χ0) is 13.3. The summed E-state index contributed by atoms with van der Waals surface area (Å²) in [6, 6.07) is 9.51. The van der Waals surface area contributed by atoms with Gasteiger partial charge in [-0.2, -0.15) is 8.42 Å². The van der Waals surface area contributed by atoms with Crippen molar-refractivity contribution in [3.8, 4) is 5.75 Å². The quantitative estimate of drug-likeness (QED) is 0.653. The summed E-state index contributed by atoms with van der Waals surface area (Å²) in [5, 5.41) is 1.50. The lowest BCUT2D eigenvalue weighted by Crippen LogP contribution is -2.22. The lowest BCUT2D eigenvalue weighted by Gasteiger charge is -2.10. The molecule has 2 aromatic rings. The maximum atomic E-state index is 11.0. The van der Waals surface area contributed by atoms with Crippen molar-refractivity contribution in [1.29, 1.82) is 0 Å². The van der Waals surface area contributed by atoms with Crippen LogP contribution in [-0.4, -0.2) is 19.2 Å². The second-order valence-corrected chi connectivity index (χ2v) is 5.39. The van der Waals surface area contributed by atoms with Gasteiger partial charge in [0, 0.05) is 0 Å². The Morgan fingerprint density at radius 1 is 1.17 bits per heavy atom. The van der Waals surface area contributed by atoms with Gasteiger partial charge in [0.05, 0.1) is 4.90 Å². The van der Waals surface area contributed by atoms with E-state index in [9.17, 15) is 8.42 Å². The smallest absolute Gasteiger partial charge is 0.294 e.